The summed E-state index contributed by atoms with van der Waals surface area (Å²) in [5, 5.41) is 3.40. The molecule has 0 spiro atoms. The number of benzene rings is 2. The largest absolute Gasteiger partial charge is 0.364 e. The predicted octanol–water partition coefficient (Wildman–Crippen LogP) is 6.40. The maximum Gasteiger partial charge on any atom is 0.223 e. The molecule has 0 unspecified atom stereocenters. The topological polar surface area (TPSA) is 53.6 Å². The first-order chi connectivity index (χ1) is 14.7. The van der Waals surface area contributed by atoms with Crippen molar-refractivity contribution in [3.63, 3.8) is 0 Å². The van der Waals surface area contributed by atoms with E-state index in [9.17, 15) is 4.39 Å². The summed E-state index contributed by atoms with van der Waals surface area (Å²) in [6.45, 7) is 4.24. The minimum absolute atomic E-state index is 0.0827. The molecule has 152 valence electrons. The van der Waals surface area contributed by atoms with Gasteiger partial charge in [-0.3, -0.25) is 0 Å². The third-order valence-electron chi connectivity index (χ3n) is 5.17. The summed E-state index contributed by atoms with van der Waals surface area (Å²) in [4.78, 5) is 12.6. The lowest BCUT2D eigenvalue weighted by Gasteiger charge is -2.15. The van der Waals surface area contributed by atoms with Crippen molar-refractivity contribution < 1.29 is 4.39 Å². The van der Waals surface area contributed by atoms with Gasteiger partial charge in [0.05, 0.1) is 11.7 Å². The molecule has 5 heteroatoms. The van der Waals surface area contributed by atoms with Crippen LogP contribution in [0, 0.1) is 5.82 Å². The molecule has 2 aromatic carbocycles. The number of aryl methyl sites for hydroxylation is 1. The van der Waals surface area contributed by atoms with Crippen LogP contribution in [0.2, 0.25) is 0 Å². The van der Waals surface area contributed by atoms with Crippen LogP contribution in [0.3, 0.4) is 0 Å². The van der Waals surface area contributed by atoms with Gasteiger partial charge in [-0.05, 0) is 42.7 Å². The Kier molecular flexibility index (Phi) is 5.89. The van der Waals surface area contributed by atoms with Crippen molar-refractivity contribution in [1.29, 1.82) is 0 Å². The van der Waals surface area contributed by atoms with E-state index in [0.29, 0.717) is 5.95 Å². The van der Waals surface area contributed by atoms with Crippen molar-refractivity contribution in [3.05, 3.63) is 90.1 Å². The van der Waals surface area contributed by atoms with Crippen molar-refractivity contribution in [1.82, 2.24) is 15.0 Å². The molecule has 1 atom stereocenters. The molecule has 0 aliphatic carbocycles. The zero-order valence-corrected chi connectivity index (χ0v) is 17.2. The van der Waals surface area contributed by atoms with Crippen LogP contribution in [0.1, 0.15) is 37.6 Å². The second kappa shape index (κ2) is 8.91. The Bertz CT molecular complexity index is 1100. The number of rotatable bonds is 7. The Labute approximate surface area is 176 Å². The lowest BCUT2D eigenvalue weighted by molar-refractivity contribution is 0.628. The van der Waals surface area contributed by atoms with Crippen LogP contribution in [0.25, 0.3) is 22.4 Å². The minimum atomic E-state index is -0.243. The Morgan fingerprint density at radius 1 is 1.03 bits per heavy atom. The van der Waals surface area contributed by atoms with Crippen LogP contribution < -0.4 is 5.32 Å². The maximum atomic E-state index is 13.4. The fraction of sp³-hybridized carbons (Fsp3) is 0.200. The van der Waals surface area contributed by atoms with E-state index in [1.807, 2.05) is 30.5 Å². The summed E-state index contributed by atoms with van der Waals surface area (Å²) in [6, 6.07) is 18.8. The lowest BCUT2D eigenvalue weighted by atomic mass is 9.99. The number of hydrogen-bond donors (Lipinski definition) is 2. The summed E-state index contributed by atoms with van der Waals surface area (Å²) < 4.78 is 13.4. The van der Waals surface area contributed by atoms with Crippen LogP contribution in [0.4, 0.5) is 10.3 Å². The van der Waals surface area contributed by atoms with Crippen molar-refractivity contribution in [2.24, 2.45) is 0 Å². The minimum Gasteiger partial charge on any atom is -0.364 e. The van der Waals surface area contributed by atoms with Gasteiger partial charge in [0.15, 0.2) is 0 Å². The number of aromatic nitrogens is 3. The van der Waals surface area contributed by atoms with Gasteiger partial charge in [-0.15, -0.1) is 0 Å². The summed E-state index contributed by atoms with van der Waals surface area (Å²) >= 11 is 0. The number of anilines is 1. The van der Waals surface area contributed by atoms with Gasteiger partial charge in [-0.25, -0.2) is 14.4 Å². The number of aromatic amines is 1. The molecule has 0 bridgehead atoms. The number of hydrogen-bond acceptors (Lipinski definition) is 3. The molecular formula is C25H25FN4. The van der Waals surface area contributed by atoms with Gasteiger partial charge >= 0.3 is 0 Å². The molecule has 30 heavy (non-hydrogen) atoms. The Hall–Kier alpha value is -3.47. The van der Waals surface area contributed by atoms with Gasteiger partial charge in [0.25, 0.3) is 0 Å². The van der Waals surface area contributed by atoms with Crippen molar-refractivity contribution in [3.8, 4) is 22.4 Å². The van der Waals surface area contributed by atoms with E-state index < -0.39 is 0 Å². The van der Waals surface area contributed by atoms with Crippen molar-refractivity contribution in [2.75, 3.05) is 5.32 Å². The molecular weight excluding hydrogens is 375 g/mol. The molecule has 0 saturated heterocycles. The molecule has 2 heterocycles. The normalized spacial score (nSPS) is 12.0. The SMILES string of the molecule is CCCc1[nH]cc(-c2ccc(F)cc2)c1-c1ccnc(N[C@@H](C)c2ccccc2)n1. The van der Waals surface area contributed by atoms with Gasteiger partial charge in [0.1, 0.15) is 5.82 Å². The first-order valence-electron chi connectivity index (χ1n) is 10.3. The third-order valence-corrected chi connectivity index (χ3v) is 5.17. The quantitative estimate of drug-likeness (QED) is 0.377. The molecule has 0 fully saturated rings. The highest BCUT2D eigenvalue weighted by molar-refractivity contribution is 5.84. The van der Waals surface area contributed by atoms with E-state index in [0.717, 1.165) is 40.9 Å². The average molecular weight is 401 g/mol. The molecule has 4 rings (SSSR count). The van der Waals surface area contributed by atoms with Gasteiger partial charge in [0.2, 0.25) is 5.95 Å². The molecule has 0 saturated carbocycles. The van der Waals surface area contributed by atoms with Crippen molar-refractivity contribution in [2.45, 2.75) is 32.7 Å². The number of nitrogens with zero attached hydrogens (tertiary/aromatic N) is 2. The molecule has 0 amide bonds. The molecule has 0 aliphatic rings. The molecule has 4 aromatic rings. The van der Waals surface area contributed by atoms with Gasteiger partial charge < -0.3 is 10.3 Å². The number of nitrogens with one attached hydrogen (secondary N) is 2. The monoisotopic (exact) mass is 400 g/mol. The van der Waals surface area contributed by atoms with E-state index >= 15 is 0 Å². The maximum absolute atomic E-state index is 13.4. The number of H-pyrrole nitrogens is 1. The van der Waals surface area contributed by atoms with Crippen LogP contribution in [-0.2, 0) is 6.42 Å². The highest BCUT2D eigenvalue weighted by Crippen LogP contribution is 2.35. The molecule has 0 radical (unpaired) electrons. The summed E-state index contributed by atoms with van der Waals surface area (Å²) in [7, 11) is 0. The van der Waals surface area contributed by atoms with Crippen LogP contribution in [0.15, 0.2) is 73.1 Å². The summed E-state index contributed by atoms with van der Waals surface area (Å²) in [6.07, 6.45) is 5.68. The van der Waals surface area contributed by atoms with E-state index in [2.05, 4.69) is 41.3 Å². The average Bonchev–Trinajstić information content (AvgIpc) is 3.19. The fourth-order valence-corrected chi connectivity index (χ4v) is 3.65. The number of halogens is 1. The standard InChI is InChI=1S/C25H25FN4/c1-3-7-22-24(21(16-28-22)19-10-12-20(26)13-11-19)23-14-15-27-25(30-23)29-17(2)18-8-5-4-6-9-18/h4-6,8-17,28H,3,7H2,1-2H3,(H,27,29,30)/t17-/m0/s1. The van der Waals surface area contributed by atoms with Crippen LogP contribution in [-0.4, -0.2) is 15.0 Å². The Balaban J connectivity index is 1.70. The van der Waals surface area contributed by atoms with Gasteiger partial charge in [0, 0.05) is 29.2 Å². The molecule has 2 N–H and O–H groups in total. The zero-order valence-electron chi connectivity index (χ0n) is 17.2. The second-order valence-corrected chi connectivity index (χ2v) is 7.35. The van der Waals surface area contributed by atoms with E-state index in [1.165, 1.54) is 17.7 Å². The highest BCUT2D eigenvalue weighted by Gasteiger charge is 2.17. The first kappa shape index (κ1) is 19.8. The van der Waals surface area contributed by atoms with Gasteiger partial charge in [-0.2, -0.15) is 0 Å². The smallest absolute Gasteiger partial charge is 0.223 e. The van der Waals surface area contributed by atoms with E-state index in [4.69, 9.17) is 4.98 Å². The first-order valence-corrected chi connectivity index (χ1v) is 10.3. The van der Waals surface area contributed by atoms with Crippen LogP contribution >= 0.6 is 0 Å². The van der Waals surface area contributed by atoms with Gasteiger partial charge in [-0.1, -0.05) is 55.8 Å². The molecule has 2 aromatic heterocycles. The summed E-state index contributed by atoms with van der Waals surface area (Å²) in [5.41, 5.74) is 6.15. The molecule has 4 nitrogen and oxygen atoms in total. The molecule has 0 aliphatic heterocycles. The third kappa shape index (κ3) is 4.25. The highest BCUT2D eigenvalue weighted by atomic mass is 19.1. The van der Waals surface area contributed by atoms with E-state index in [-0.39, 0.29) is 11.9 Å². The Morgan fingerprint density at radius 2 is 1.80 bits per heavy atom. The Morgan fingerprint density at radius 3 is 2.53 bits per heavy atom. The second-order valence-electron chi connectivity index (χ2n) is 7.35. The lowest BCUT2D eigenvalue weighted by Crippen LogP contribution is -2.09. The summed E-state index contributed by atoms with van der Waals surface area (Å²) in [5.74, 6) is 0.339. The van der Waals surface area contributed by atoms with Crippen molar-refractivity contribution >= 4 is 5.95 Å². The fourth-order valence-electron chi connectivity index (χ4n) is 3.65. The predicted molar refractivity (Wildman–Crippen MR) is 120 cm³/mol. The van der Waals surface area contributed by atoms with Crippen LogP contribution in [0.5, 0.6) is 0 Å². The zero-order chi connectivity index (χ0) is 20.9. The van der Waals surface area contributed by atoms with E-state index in [1.54, 1.807) is 18.3 Å².